The molecule has 15 heavy (non-hydrogen) atoms. The summed E-state index contributed by atoms with van der Waals surface area (Å²) in [7, 11) is 0. The van der Waals surface area contributed by atoms with Crippen LogP contribution < -0.4 is 10.9 Å². The van der Waals surface area contributed by atoms with Crippen LogP contribution in [0.2, 0.25) is 5.15 Å². The number of carbonyl (C=O) groups is 2. The molecule has 0 spiro atoms. The van der Waals surface area contributed by atoms with Crippen LogP contribution in [0.1, 0.15) is 10.5 Å². The van der Waals surface area contributed by atoms with Crippen molar-refractivity contribution in [2.45, 2.75) is 0 Å². The lowest BCUT2D eigenvalue weighted by Gasteiger charge is -2.05. The van der Waals surface area contributed by atoms with Crippen LogP contribution in [0, 0.1) is 0 Å². The number of hydrazine groups is 1. The predicted octanol–water partition coefficient (Wildman–Crippen LogP) is 0.130. The first-order valence-corrected chi connectivity index (χ1v) is 4.68. The van der Waals surface area contributed by atoms with Crippen molar-refractivity contribution in [3.05, 3.63) is 23.2 Å². The summed E-state index contributed by atoms with van der Waals surface area (Å²) >= 11 is 10.8. The van der Waals surface area contributed by atoms with E-state index in [9.17, 15) is 9.59 Å². The minimum Gasteiger partial charge on any atom is -0.272 e. The summed E-state index contributed by atoms with van der Waals surface area (Å²) in [5.41, 5.74) is 4.07. The van der Waals surface area contributed by atoms with Crippen molar-refractivity contribution in [1.29, 1.82) is 0 Å². The van der Waals surface area contributed by atoms with E-state index in [2.05, 4.69) is 20.8 Å². The zero-order chi connectivity index (χ0) is 11.3. The van der Waals surface area contributed by atoms with Gasteiger partial charge < -0.3 is 0 Å². The predicted molar refractivity (Wildman–Crippen MR) is 53.4 cm³/mol. The van der Waals surface area contributed by atoms with E-state index < -0.39 is 11.8 Å². The Morgan fingerprint density at radius 1 is 1.27 bits per heavy atom. The van der Waals surface area contributed by atoms with E-state index in [0.717, 1.165) is 0 Å². The Kier molecular flexibility index (Phi) is 4.26. The first-order chi connectivity index (χ1) is 7.15. The Morgan fingerprint density at radius 2 is 1.93 bits per heavy atom. The molecule has 80 valence electrons. The lowest BCUT2D eigenvalue weighted by atomic mass is 10.4. The number of hydrogen-bond donors (Lipinski definition) is 2. The van der Waals surface area contributed by atoms with E-state index >= 15 is 0 Å². The highest BCUT2D eigenvalue weighted by molar-refractivity contribution is 6.32. The number of alkyl halides is 1. The summed E-state index contributed by atoms with van der Waals surface area (Å²) in [5, 5.41) is -0.0462. The summed E-state index contributed by atoms with van der Waals surface area (Å²) in [4.78, 5) is 29.4. The van der Waals surface area contributed by atoms with Crippen LogP contribution >= 0.6 is 23.2 Å². The second kappa shape index (κ2) is 5.47. The Balaban J connectivity index is 2.62. The molecule has 0 saturated carbocycles. The van der Waals surface area contributed by atoms with Gasteiger partial charge in [-0.3, -0.25) is 20.4 Å². The molecule has 1 aromatic rings. The average molecular weight is 249 g/mol. The molecule has 2 N–H and O–H groups in total. The molecule has 0 aliphatic rings. The summed E-state index contributed by atoms with van der Waals surface area (Å²) in [6.07, 6.45) is 2.65. The van der Waals surface area contributed by atoms with Gasteiger partial charge in [-0.05, 0) is 0 Å². The van der Waals surface area contributed by atoms with Crippen LogP contribution in [0.5, 0.6) is 0 Å². The second-order valence-electron chi connectivity index (χ2n) is 2.33. The molecule has 1 aromatic heterocycles. The standard InChI is InChI=1S/C7H6Cl2N4O2/c8-3-4(14)12-13-7(15)5-6(9)11-2-1-10-5/h1-2H,3H2,(H,12,14)(H,13,15). The van der Waals surface area contributed by atoms with Gasteiger partial charge in [0.2, 0.25) is 0 Å². The largest absolute Gasteiger partial charge is 0.291 e. The minimum absolute atomic E-state index is 0.0462. The average Bonchev–Trinajstić information content (AvgIpc) is 2.26. The second-order valence-corrected chi connectivity index (χ2v) is 2.96. The maximum atomic E-state index is 11.3. The fraction of sp³-hybridized carbons (Fsp3) is 0.143. The smallest absolute Gasteiger partial charge is 0.272 e. The number of halogens is 2. The first kappa shape index (κ1) is 11.7. The van der Waals surface area contributed by atoms with Gasteiger partial charge in [-0.1, -0.05) is 11.6 Å². The topological polar surface area (TPSA) is 84.0 Å². The number of nitrogens with one attached hydrogen (secondary N) is 2. The van der Waals surface area contributed by atoms with Crippen LogP contribution in [0.25, 0.3) is 0 Å². The van der Waals surface area contributed by atoms with Crippen LogP contribution in [0.4, 0.5) is 0 Å². The molecule has 0 unspecified atom stereocenters. The minimum atomic E-state index is -0.661. The number of amides is 2. The highest BCUT2D eigenvalue weighted by Gasteiger charge is 2.12. The number of aromatic nitrogens is 2. The zero-order valence-electron chi connectivity index (χ0n) is 7.33. The molecule has 0 radical (unpaired) electrons. The van der Waals surface area contributed by atoms with Gasteiger partial charge in [-0.2, -0.15) is 0 Å². The van der Waals surface area contributed by atoms with Crippen molar-refractivity contribution in [2.24, 2.45) is 0 Å². The van der Waals surface area contributed by atoms with Gasteiger partial charge in [0.25, 0.3) is 11.8 Å². The van der Waals surface area contributed by atoms with E-state index in [1.54, 1.807) is 0 Å². The van der Waals surface area contributed by atoms with Crippen LogP contribution in [0.3, 0.4) is 0 Å². The highest BCUT2D eigenvalue weighted by Crippen LogP contribution is 2.07. The summed E-state index contributed by atoms with van der Waals surface area (Å²) in [6, 6.07) is 0. The molecule has 1 heterocycles. The summed E-state index contributed by atoms with van der Waals surface area (Å²) in [6.45, 7) is 0. The number of carbonyl (C=O) groups excluding carboxylic acids is 2. The molecule has 6 nitrogen and oxygen atoms in total. The van der Waals surface area contributed by atoms with Crippen LogP contribution in [-0.4, -0.2) is 27.7 Å². The van der Waals surface area contributed by atoms with Gasteiger partial charge in [0, 0.05) is 12.4 Å². The molecule has 0 aliphatic heterocycles. The van der Waals surface area contributed by atoms with E-state index in [0.29, 0.717) is 0 Å². The Labute approximate surface area is 95.0 Å². The van der Waals surface area contributed by atoms with Gasteiger partial charge >= 0.3 is 0 Å². The third-order valence-electron chi connectivity index (χ3n) is 1.31. The van der Waals surface area contributed by atoms with E-state index in [1.807, 2.05) is 0 Å². The molecular weight excluding hydrogens is 243 g/mol. The van der Waals surface area contributed by atoms with Crippen molar-refractivity contribution in [3.63, 3.8) is 0 Å². The number of nitrogens with zero attached hydrogens (tertiary/aromatic N) is 2. The van der Waals surface area contributed by atoms with Crippen LogP contribution in [0.15, 0.2) is 12.4 Å². The van der Waals surface area contributed by atoms with E-state index in [4.69, 9.17) is 23.2 Å². The Bertz CT molecular complexity index is 385. The molecule has 8 heteroatoms. The highest BCUT2D eigenvalue weighted by atomic mass is 35.5. The third kappa shape index (κ3) is 3.34. The molecule has 0 bridgehead atoms. The normalized spacial score (nSPS) is 9.47. The van der Waals surface area contributed by atoms with Crippen molar-refractivity contribution in [2.75, 3.05) is 5.88 Å². The third-order valence-corrected chi connectivity index (χ3v) is 1.82. The summed E-state index contributed by atoms with van der Waals surface area (Å²) in [5.74, 6) is -1.45. The van der Waals surface area contributed by atoms with Gasteiger partial charge in [-0.25, -0.2) is 9.97 Å². The SMILES string of the molecule is O=C(CCl)NNC(=O)c1nccnc1Cl. The van der Waals surface area contributed by atoms with Crippen LogP contribution in [-0.2, 0) is 4.79 Å². The molecule has 0 fully saturated rings. The molecule has 1 rings (SSSR count). The molecule has 0 aliphatic carbocycles. The molecule has 0 aromatic carbocycles. The maximum absolute atomic E-state index is 11.3. The fourth-order valence-electron chi connectivity index (χ4n) is 0.692. The number of hydrogen-bond acceptors (Lipinski definition) is 4. The Morgan fingerprint density at radius 3 is 2.53 bits per heavy atom. The lowest BCUT2D eigenvalue weighted by molar-refractivity contribution is -0.119. The van der Waals surface area contributed by atoms with Gasteiger partial charge in [-0.15, -0.1) is 11.6 Å². The van der Waals surface area contributed by atoms with Gasteiger partial charge in [0.15, 0.2) is 10.8 Å². The van der Waals surface area contributed by atoms with Crippen molar-refractivity contribution >= 4 is 35.0 Å². The van der Waals surface area contributed by atoms with Gasteiger partial charge in [0.1, 0.15) is 5.88 Å². The van der Waals surface area contributed by atoms with Crippen molar-refractivity contribution in [3.8, 4) is 0 Å². The maximum Gasteiger partial charge on any atom is 0.291 e. The lowest BCUT2D eigenvalue weighted by Crippen LogP contribution is -2.42. The molecular formula is C7H6Cl2N4O2. The Hall–Kier alpha value is -1.40. The van der Waals surface area contributed by atoms with E-state index in [1.165, 1.54) is 12.4 Å². The summed E-state index contributed by atoms with van der Waals surface area (Å²) < 4.78 is 0. The fourth-order valence-corrected chi connectivity index (χ4v) is 0.950. The van der Waals surface area contributed by atoms with Gasteiger partial charge in [0.05, 0.1) is 0 Å². The van der Waals surface area contributed by atoms with E-state index in [-0.39, 0.29) is 16.7 Å². The zero-order valence-corrected chi connectivity index (χ0v) is 8.84. The van der Waals surface area contributed by atoms with Crippen molar-refractivity contribution in [1.82, 2.24) is 20.8 Å². The molecule has 2 amide bonds. The monoisotopic (exact) mass is 248 g/mol. The molecule has 0 saturated heterocycles. The molecule has 0 atom stereocenters. The first-order valence-electron chi connectivity index (χ1n) is 3.76. The quantitative estimate of drug-likeness (QED) is 0.576. The number of rotatable bonds is 2. The van der Waals surface area contributed by atoms with Crippen molar-refractivity contribution < 1.29 is 9.59 Å².